The van der Waals surface area contributed by atoms with Gasteiger partial charge in [-0.3, -0.25) is 0 Å². The Hall–Kier alpha value is -8.72. The Morgan fingerprint density at radius 2 is 0.732 bits per heavy atom. The molecule has 11 aromatic rings. The second-order valence-corrected chi connectivity index (χ2v) is 19.9. The molecule has 0 atom stereocenters. The van der Waals surface area contributed by atoms with E-state index in [2.05, 4.69) is 263 Å². The van der Waals surface area contributed by atoms with Crippen molar-refractivity contribution in [1.82, 2.24) is 9.97 Å². The predicted octanol–water partition coefficient (Wildman–Crippen LogP) is 16.5. The molecule has 0 saturated heterocycles. The van der Waals surface area contributed by atoms with Crippen LogP contribution in [-0.2, 0) is 16.2 Å². The molecular formula is C69H48N2. The van der Waals surface area contributed by atoms with Crippen molar-refractivity contribution in [3.8, 4) is 67.3 Å². The van der Waals surface area contributed by atoms with Gasteiger partial charge in [-0.2, -0.15) is 0 Å². The van der Waals surface area contributed by atoms with Crippen molar-refractivity contribution in [3.05, 3.63) is 310 Å². The first-order chi connectivity index (χ1) is 35.0. The van der Waals surface area contributed by atoms with Crippen molar-refractivity contribution in [2.24, 2.45) is 0 Å². The van der Waals surface area contributed by atoms with Crippen LogP contribution in [0.25, 0.3) is 67.3 Å². The number of rotatable bonds is 6. The number of nitrogens with zero attached hydrogens (tertiary/aromatic N) is 2. The van der Waals surface area contributed by atoms with Gasteiger partial charge in [-0.1, -0.05) is 250 Å². The maximum atomic E-state index is 5.50. The van der Waals surface area contributed by atoms with E-state index in [1.54, 1.807) is 0 Å². The first-order valence-corrected chi connectivity index (χ1v) is 24.8. The summed E-state index contributed by atoms with van der Waals surface area (Å²) in [6.07, 6.45) is 0. The summed E-state index contributed by atoms with van der Waals surface area (Å²) in [4.78, 5) is 10.7. The number of aromatic nitrogens is 2. The molecule has 0 amide bonds. The Morgan fingerprint density at radius 3 is 1.38 bits per heavy atom. The molecule has 14 rings (SSSR count). The highest BCUT2D eigenvalue weighted by Crippen LogP contribution is 2.64. The monoisotopic (exact) mass is 904 g/mol. The van der Waals surface area contributed by atoms with Crippen LogP contribution in [-0.4, -0.2) is 9.97 Å². The number of benzene rings is 10. The van der Waals surface area contributed by atoms with Gasteiger partial charge < -0.3 is 0 Å². The molecule has 3 aliphatic carbocycles. The van der Waals surface area contributed by atoms with E-state index in [-0.39, 0.29) is 5.41 Å². The molecule has 334 valence electrons. The van der Waals surface area contributed by atoms with Gasteiger partial charge in [0.05, 0.1) is 22.2 Å². The fraction of sp³-hybridized carbons (Fsp3) is 0.0725. The minimum Gasteiger partial charge on any atom is -0.228 e. The van der Waals surface area contributed by atoms with Crippen LogP contribution in [0.2, 0.25) is 0 Å². The number of hydrogen-bond donors (Lipinski definition) is 0. The fourth-order valence-electron chi connectivity index (χ4n) is 13.0. The SMILES string of the molecule is CC1(C)c2ccccc2C2(c3ccc(-c4ccc5c(c4)C(c4ccccc4)(c4ccccc4)c4ccccc4-5)cc3-c3c(-c4cc(-c5ccccc5)nc(-c5ccccc5)n4)cccc32)c2ccccc21. The molecule has 2 heteroatoms. The van der Waals surface area contributed by atoms with Crippen molar-refractivity contribution >= 4 is 0 Å². The van der Waals surface area contributed by atoms with E-state index in [1.807, 2.05) is 6.07 Å². The minimum absolute atomic E-state index is 0.216. The zero-order chi connectivity index (χ0) is 47.3. The van der Waals surface area contributed by atoms with E-state index in [9.17, 15) is 0 Å². The molecule has 0 radical (unpaired) electrons. The second kappa shape index (κ2) is 15.7. The molecule has 0 N–H and O–H groups in total. The predicted molar refractivity (Wildman–Crippen MR) is 291 cm³/mol. The Bertz CT molecular complexity index is 3740. The van der Waals surface area contributed by atoms with E-state index in [0.29, 0.717) is 5.82 Å². The summed E-state index contributed by atoms with van der Waals surface area (Å²) in [5.74, 6) is 0.704. The Labute approximate surface area is 415 Å². The summed E-state index contributed by atoms with van der Waals surface area (Å²) >= 11 is 0. The molecule has 1 spiro atoms. The number of hydrogen-bond acceptors (Lipinski definition) is 2. The van der Waals surface area contributed by atoms with Crippen LogP contribution in [0.3, 0.4) is 0 Å². The average molecular weight is 905 g/mol. The Balaban J connectivity index is 1.06. The van der Waals surface area contributed by atoms with Crippen LogP contribution in [0.5, 0.6) is 0 Å². The highest BCUT2D eigenvalue weighted by atomic mass is 14.9. The lowest BCUT2D eigenvalue weighted by Crippen LogP contribution is -2.40. The largest absolute Gasteiger partial charge is 0.228 e. The normalized spacial score (nSPS) is 14.7. The Kier molecular flexibility index (Phi) is 9.10. The molecule has 2 nitrogen and oxygen atoms in total. The maximum absolute atomic E-state index is 5.50. The van der Waals surface area contributed by atoms with E-state index in [4.69, 9.17) is 9.97 Å². The lowest BCUT2D eigenvalue weighted by molar-refractivity contribution is 0.563. The van der Waals surface area contributed by atoms with Gasteiger partial charge in [-0.25, -0.2) is 9.97 Å². The maximum Gasteiger partial charge on any atom is 0.160 e. The van der Waals surface area contributed by atoms with Gasteiger partial charge >= 0.3 is 0 Å². The summed E-state index contributed by atoms with van der Waals surface area (Å²) in [7, 11) is 0. The van der Waals surface area contributed by atoms with E-state index in [1.165, 1.54) is 89.0 Å². The average Bonchev–Trinajstić information content (AvgIpc) is 3.92. The lowest BCUT2D eigenvalue weighted by Gasteiger charge is -2.46. The molecule has 0 saturated carbocycles. The van der Waals surface area contributed by atoms with Crippen molar-refractivity contribution in [3.63, 3.8) is 0 Å². The van der Waals surface area contributed by atoms with Crippen LogP contribution in [0.4, 0.5) is 0 Å². The topological polar surface area (TPSA) is 25.8 Å². The third kappa shape index (κ3) is 5.82. The van der Waals surface area contributed by atoms with Gasteiger partial charge in [-0.15, -0.1) is 0 Å². The third-order valence-electron chi connectivity index (χ3n) is 16.1. The lowest BCUT2D eigenvalue weighted by atomic mass is 9.55. The first-order valence-electron chi connectivity index (χ1n) is 24.8. The Morgan fingerprint density at radius 1 is 0.268 bits per heavy atom. The van der Waals surface area contributed by atoms with Crippen LogP contribution in [0.15, 0.2) is 255 Å². The van der Waals surface area contributed by atoms with Crippen molar-refractivity contribution in [2.45, 2.75) is 30.1 Å². The molecule has 10 aromatic carbocycles. The second-order valence-electron chi connectivity index (χ2n) is 19.9. The molecule has 1 aromatic heterocycles. The van der Waals surface area contributed by atoms with Crippen molar-refractivity contribution < 1.29 is 0 Å². The minimum atomic E-state index is -0.588. The first kappa shape index (κ1) is 41.3. The summed E-state index contributed by atoms with van der Waals surface area (Å²) in [6.45, 7) is 4.78. The van der Waals surface area contributed by atoms with Crippen LogP contribution in [0, 0.1) is 0 Å². The molecule has 3 aliphatic rings. The summed E-state index contributed by atoms with van der Waals surface area (Å²) in [5.41, 5.74) is 24.0. The third-order valence-corrected chi connectivity index (χ3v) is 16.1. The van der Waals surface area contributed by atoms with E-state index in [0.717, 1.165) is 28.1 Å². The highest BCUT2D eigenvalue weighted by molar-refractivity contribution is 5.98. The zero-order valence-corrected chi connectivity index (χ0v) is 39.6. The van der Waals surface area contributed by atoms with Crippen molar-refractivity contribution in [1.29, 1.82) is 0 Å². The number of fused-ring (bicyclic) bond motifs is 12. The van der Waals surface area contributed by atoms with Gasteiger partial charge in [0.15, 0.2) is 5.82 Å². The summed E-state index contributed by atoms with van der Waals surface area (Å²) < 4.78 is 0. The van der Waals surface area contributed by atoms with Gasteiger partial charge in [0, 0.05) is 22.1 Å². The molecule has 0 fully saturated rings. The van der Waals surface area contributed by atoms with Gasteiger partial charge in [0.25, 0.3) is 0 Å². The van der Waals surface area contributed by atoms with Gasteiger partial charge in [0.1, 0.15) is 0 Å². The molecule has 1 heterocycles. The smallest absolute Gasteiger partial charge is 0.160 e. The molecule has 0 bridgehead atoms. The summed E-state index contributed by atoms with van der Waals surface area (Å²) in [5, 5.41) is 0. The highest BCUT2D eigenvalue weighted by Gasteiger charge is 2.54. The molecule has 71 heavy (non-hydrogen) atoms. The zero-order valence-electron chi connectivity index (χ0n) is 39.6. The van der Waals surface area contributed by atoms with E-state index >= 15 is 0 Å². The molecule has 0 aliphatic heterocycles. The van der Waals surface area contributed by atoms with Crippen molar-refractivity contribution in [2.75, 3.05) is 0 Å². The van der Waals surface area contributed by atoms with Gasteiger partial charge in [0.2, 0.25) is 0 Å². The fourth-order valence-corrected chi connectivity index (χ4v) is 13.0. The standard InChI is InChI=1S/C69H48N2/c1-67(2)57-33-17-19-35-59(57)69(60-36-20-18-34-58(60)67)56-41-39-47(48-38-40-52-51-30-15-16-32-55(51)68(62(52)43-48,49-26-11-5-12-27-49)50-28-13-6-14-29-50)42-54(56)65-53(31-21-37-61(65)69)64-44-63(45-22-7-3-8-23-45)70-66(71-64)46-24-9-4-10-25-46/h3-44H,1-2H3. The molecule has 0 unspecified atom stereocenters. The van der Waals surface area contributed by atoms with Crippen LogP contribution < -0.4 is 0 Å². The van der Waals surface area contributed by atoms with E-state index < -0.39 is 10.8 Å². The quantitative estimate of drug-likeness (QED) is 0.166. The molecular weight excluding hydrogens is 857 g/mol. The summed E-state index contributed by atoms with van der Waals surface area (Å²) in [6, 6.07) is 94.2. The van der Waals surface area contributed by atoms with Crippen LogP contribution >= 0.6 is 0 Å². The van der Waals surface area contributed by atoms with Gasteiger partial charge in [-0.05, 0) is 107 Å². The van der Waals surface area contributed by atoms with Crippen LogP contribution in [0.1, 0.15) is 69.5 Å².